The molecule has 5 rings (SSSR count). The number of rotatable bonds is 4. The van der Waals surface area contributed by atoms with Crippen molar-refractivity contribution in [2.24, 2.45) is 0 Å². The molecule has 0 amide bonds. The van der Waals surface area contributed by atoms with Gasteiger partial charge in [0, 0.05) is 35.9 Å². The summed E-state index contributed by atoms with van der Waals surface area (Å²) in [4.78, 5) is 14.9. The molecule has 0 aliphatic carbocycles. The molecule has 1 aromatic carbocycles. The van der Waals surface area contributed by atoms with E-state index in [1.165, 1.54) is 0 Å². The molecule has 0 saturated carbocycles. The second-order valence-corrected chi connectivity index (χ2v) is 7.88. The molecule has 4 heterocycles. The summed E-state index contributed by atoms with van der Waals surface area (Å²) >= 11 is 1.57. The summed E-state index contributed by atoms with van der Waals surface area (Å²) in [7, 11) is 0. The summed E-state index contributed by atoms with van der Waals surface area (Å²) in [5.74, 6) is 0.623. The van der Waals surface area contributed by atoms with Crippen LogP contribution in [0.25, 0.3) is 27.6 Å². The van der Waals surface area contributed by atoms with E-state index in [1.807, 2.05) is 40.2 Å². The van der Waals surface area contributed by atoms with Crippen LogP contribution in [0.4, 0.5) is 5.95 Å². The molecular weight excluding hydrogens is 418 g/mol. The van der Waals surface area contributed by atoms with Crippen molar-refractivity contribution in [3.8, 4) is 28.7 Å². The molecule has 1 aliphatic rings. The zero-order valence-corrected chi connectivity index (χ0v) is 17.7. The van der Waals surface area contributed by atoms with Gasteiger partial charge in [-0.25, -0.2) is 15.0 Å². The zero-order chi connectivity index (χ0) is 19.6. The highest BCUT2D eigenvalue weighted by Crippen LogP contribution is 2.34. The van der Waals surface area contributed by atoms with Crippen molar-refractivity contribution in [3.05, 3.63) is 53.7 Å². The molecule has 152 valence electrons. The normalized spacial score (nSPS) is 16.0. The summed E-state index contributed by atoms with van der Waals surface area (Å²) in [6, 6.07) is 12.0. The van der Waals surface area contributed by atoms with E-state index < -0.39 is 0 Å². The monoisotopic (exact) mass is 437 g/mol. The Kier molecular flexibility index (Phi) is 5.95. The molecule has 0 bridgehead atoms. The number of benzene rings is 1. The van der Waals surface area contributed by atoms with Crippen LogP contribution >= 0.6 is 23.7 Å². The summed E-state index contributed by atoms with van der Waals surface area (Å²) in [5, 5.41) is 18.1. The van der Waals surface area contributed by atoms with E-state index >= 15 is 0 Å². The number of nitrogens with one attached hydrogen (secondary N) is 2. The van der Waals surface area contributed by atoms with Crippen LogP contribution in [0.3, 0.4) is 0 Å². The molecule has 7 nitrogen and oxygen atoms in total. The number of hydrogen-bond acceptors (Lipinski definition) is 7. The Bertz CT molecular complexity index is 1200. The van der Waals surface area contributed by atoms with Crippen LogP contribution in [0.2, 0.25) is 0 Å². The first kappa shape index (κ1) is 20.3. The molecule has 1 aliphatic heterocycles. The Morgan fingerprint density at radius 1 is 1.27 bits per heavy atom. The van der Waals surface area contributed by atoms with Crippen molar-refractivity contribution in [3.63, 3.8) is 0 Å². The van der Waals surface area contributed by atoms with Gasteiger partial charge in [0.15, 0.2) is 4.96 Å². The van der Waals surface area contributed by atoms with Crippen LogP contribution in [0.5, 0.6) is 0 Å². The zero-order valence-electron chi connectivity index (χ0n) is 16.1. The van der Waals surface area contributed by atoms with Gasteiger partial charge in [-0.1, -0.05) is 12.1 Å². The molecule has 1 atom stereocenters. The highest BCUT2D eigenvalue weighted by molar-refractivity contribution is 7.15. The topological polar surface area (TPSA) is 90.9 Å². The van der Waals surface area contributed by atoms with Gasteiger partial charge in [0.1, 0.15) is 5.69 Å². The first-order valence-electron chi connectivity index (χ1n) is 9.58. The molecule has 4 aromatic rings. The molecule has 0 unspecified atom stereocenters. The fourth-order valence-corrected chi connectivity index (χ4v) is 4.40. The molecule has 3 aromatic heterocycles. The third-order valence-electron chi connectivity index (χ3n) is 5.06. The van der Waals surface area contributed by atoms with Gasteiger partial charge >= 0.3 is 0 Å². The molecule has 9 heteroatoms. The number of anilines is 1. The SMILES string of the molecule is Cl.N#Cc1cccc(-c2nc3sccn3c2-c2ccnc(N[C@@H]3CCCNC3)n2)c1. The summed E-state index contributed by atoms with van der Waals surface area (Å²) in [6.45, 7) is 1.98. The first-order valence-corrected chi connectivity index (χ1v) is 10.5. The second kappa shape index (κ2) is 8.79. The fourth-order valence-electron chi connectivity index (χ4n) is 3.69. The smallest absolute Gasteiger partial charge is 0.223 e. The lowest BCUT2D eigenvalue weighted by atomic mass is 10.1. The Morgan fingerprint density at radius 3 is 3.03 bits per heavy atom. The Labute approximate surface area is 184 Å². The number of aromatic nitrogens is 4. The number of nitrogens with zero attached hydrogens (tertiary/aromatic N) is 5. The number of thiazole rings is 1. The minimum Gasteiger partial charge on any atom is -0.350 e. The van der Waals surface area contributed by atoms with Crippen LogP contribution in [0, 0.1) is 11.3 Å². The van der Waals surface area contributed by atoms with Crippen molar-refractivity contribution in [2.45, 2.75) is 18.9 Å². The Balaban J connectivity index is 0.00000218. The highest BCUT2D eigenvalue weighted by Gasteiger charge is 2.20. The van der Waals surface area contributed by atoms with Gasteiger partial charge in [0.2, 0.25) is 5.95 Å². The maximum atomic E-state index is 9.28. The average Bonchev–Trinajstić information content (AvgIpc) is 3.36. The van der Waals surface area contributed by atoms with Gasteiger partial charge < -0.3 is 10.6 Å². The van der Waals surface area contributed by atoms with Crippen molar-refractivity contribution in [1.29, 1.82) is 5.26 Å². The molecule has 2 N–H and O–H groups in total. The van der Waals surface area contributed by atoms with Crippen LogP contribution in [0.1, 0.15) is 18.4 Å². The lowest BCUT2D eigenvalue weighted by Crippen LogP contribution is -2.38. The summed E-state index contributed by atoms with van der Waals surface area (Å²) in [5.41, 5.74) is 4.04. The van der Waals surface area contributed by atoms with E-state index in [-0.39, 0.29) is 12.4 Å². The van der Waals surface area contributed by atoms with Crippen LogP contribution in [-0.4, -0.2) is 38.5 Å². The third kappa shape index (κ3) is 3.87. The predicted molar refractivity (Wildman–Crippen MR) is 121 cm³/mol. The number of imidazole rings is 1. The van der Waals surface area contributed by atoms with E-state index in [9.17, 15) is 5.26 Å². The quantitative estimate of drug-likeness (QED) is 0.501. The molecule has 1 saturated heterocycles. The van der Waals surface area contributed by atoms with Crippen LogP contribution < -0.4 is 10.6 Å². The fraction of sp³-hybridized carbons (Fsp3) is 0.238. The molecular formula is C21H20ClN7S. The number of nitriles is 1. The summed E-state index contributed by atoms with van der Waals surface area (Å²) < 4.78 is 2.05. The lowest BCUT2D eigenvalue weighted by Gasteiger charge is -2.23. The number of halogens is 1. The summed E-state index contributed by atoms with van der Waals surface area (Å²) in [6.07, 6.45) is 6.03. The predicted octanol–water partition coefficient (Wildman–Crippen LogP) is 3.98. The van der Waals surface area contributed by atoms with Crippen LogP contribution in [-0.2, 0) is 0 Å². The van der Waals surface area contributed by atoms with E-state index in [4.69, 9.17) is 9.97 Å². The highest BCUT2D eigenvalue weighted by atomic mass is 35.5. The van der Waals surface area contributed by atoms with Crippen molar-refractivity contribution in [1.82, 2.24) is 24.7 Å². The molecule has 1 fully saturated rings. The van der Waals surface area contributed by atoms with Crippen LogP contribution in [0.15, 0.2) is 48.1 Å². The maximum absolute atomic E-state index is 9.28. The number of fused-ring (bicyclic) bond motifs is 1. The van der Waals surface area contributed by atoms with E-state index in [0.29, 0.717) is 17.6 Å². The minimum atomic E-state index is 0. The maximum Gasteiger partial charge on any atom is 0.223 e. The van der Waals surface area contributed by atoms with Crippen molar-refractivity contribution >= 4 is 34.7 Å². The standard InChI is InChI=1S/C21H19N7S.ClH/c22-12-14-3-1-4-15(11-14)18-19(28-9-10-29-21(28)27-18)17-6-8-24-20(26-17)25-16-5-2-7-23-13-16;/h1,3-4,6,8-11,16,23H,2,5,7,13H2,(H,24,25,26);1H/t16-;/m1./s1. The van der Waals surface area contributed by atoms with Gasteiger partial charge in [-0.05, 0) is 37.6 Å². The van der Waals surface area contributed by atoms with E-state index in [1.54, 1.807) is 23.6 Å². The lowest BCUT2D eigenvalue weighted by molar-refractivity contribution is 0.478. The number of piperidine rings is 1. The Hall–Kier alpha value is -2.99. The first-order chi connectivity index (χ1) is 14.3. The van der Waals surface area contributed by atoms with Crippen molar-refractivity contribution < 1.29 is 0 Å². The van der Waals surface area contributed by atoms with Gasteiger partial charge in [0.25, 0.3) is 0 Å². The minimum absolute atomic E-state index is 0. The van der Waals surface area contributed by atoms with Crippen molar-refractivity contribution in [2.75, 3.05) is 18.4 Å². The second-order valence-electron chi connectivity index (χ2n) is 7.01. The molecule has 0 radical (unpaired) electrons. The third-order valence-corrected chi connectivity index (χ3v) is 5.81. The number of hydrogen-bond donors (Lipinski definition) is 2. The Morgan fingerprint density at radius 2 is 2.20 bits per heavy atom. The molecule has 30 heavy (non-hydrogen) atoms. The van der Waals surface area contributed by atoms with E-state index in [0.717, 1.165) is 53.5 Å². The van der Waals surface area contributed by atoms with Gasteiger partial charge in [-0.15, -0.1) is 23.7 Å². The average molecular weight is 438 g/mol. The molecule has 0 spiro atoms. The van der Waals surface area contributed by atoms with Gasteiger partial charge in [0.05, 0.1) is 23.0 Å². The van der Waals surface area contributed by atoms with E-state index in [2.05, 4.69) is 21.7 Å². The van der Waals surface area contributed by atoms with Gasteiger partial charge in [-0.2, -0.15) is 5.26 Å². The van der Waals surface area contributed by atoms with Gasteiger partial charge in [-0.3, -0.25) is 4.40 Å². The largest absolute Gasteiger partial charge is 0.350 e.